The van der Waals surface area contributed by atoms with Gasteiger partial charge in [0.2, 0.25) is 5.91 Å². The SMILES string of the molecule is CC1CC1C(=O)Nc1cccc(C(=O)N(C)Cc2ccc(OCC(=O)O)cc2)c1. The van der Waals surface area contributed by atoms with Gasteiger partial charge in [0.25, 0.3) is 5.91 Å². The number of carboxylic acid groups (broad SMARTS) is 1. The first-order valence-corrected chi connectivity index (χ1v) is 9.43. The highest BCUT2D eigenvalue weighted by atomic mass is 16.5. The number of benzene rings is 2. The number of nitrogens with zero attached hydrogens (tertiary/aromatic N) is 1. The lowest BCUT2D eigenvalue weighted by Crippen LogP contribution is -2.26. The Morgan fingerprint density at radius 2 is 1.86 bits per heavy atom. The van der Waals surface area contributed by atoms with E-state index in [0.29, 0.717) is 29.5 Å². The van der Waals surface area contributed by atoms with E-state index in [9.17, 15) is 14.4 Å². The Morgan fingerprint density at radius 3 is 2.48 bits per heavy atom. The van der Waals surface area contributed by atoms with E-state index in [0.717, 1.165) is 12.0 Å². The van der Waals surface area contributed by atoms with Gasteiger partial charge in [-0.3, -0.25) is 9.59 Å². The standard InChI is InChI=1S/C22H24N2O5/c1-14-10-19(14)21(27)23-17-5-3-4-16(11-17)22(28)24(2)12-15-6-8-18(9-7-15)29-13-20(25)26/h3-9,11,14,19H,10,12-13H2,1-2H3,(H,23,27)(H,25,26). The Balaban J connectivity index is 1.59. The summed E-state index contributed by atoms with van der Waals surface area (Å²) in [5.41, 5.74) is 2.00. The molecule has 2 atom stereocenters. The summed E-state index contributed by atoms with van der Waals surface area (Å²) in [5, 5.41) is 11.5. The van der Waals surface area contributed by atoms with Crippen LogP contribution in [-0.2, 0) is 16.1 Å². The maximum absolute atomic E-state index is 12.8. The zero-order valence-electron chi connectivity index (χ0n) is 16.4. The van der Waals surface area contributed by atoms with Crippen molar-refractivity contribution >= 4 is 23.5 Å². The fraction of sp³-hybridized carbons (Fsp3) is 0.318. The first-order chi connectivity index (χ1) is 13.8. The molecule has 2 aromatic rings. The molecular weight excluding hydrogens is 372 g/mol. The Kier molecular flexibility index (Phi) is 6.16. The fourth-order valence-electron chi connectivity index (χ4n) is 3.05. The average Bonchev–Trinajstić information content (AvgIpc) is 3.44. The van der Waals surface area contributed by atoms with E-state index in [2.05, 4.69) is 5.32 Å². The molecule has 1 fully saturated rings. The summed E-state index contributed by atoms with van der Waals surface area (Å²) in [4.78, 5) is 37.0. The van der Waals surface area contributed by atoms with Gasteiger partial charge in [0.05, 0.1) is 0 Å². The zero-order valence-corrected chi connectivity index (χ0v) is 16.4. The minimum absolute atomic E-state index is 0.000611. The second-order valence-corrected chi connectivity index (χ2v) is 7.38. The molecule has 7 heteroatoms. The fourth-order valence-corrected chi connectivity index (χ4v) is 3.05. The van der Waals surface area contributed by atoms with Gasteiger partial charge in [-0.25, -0.2) is 4.79 Å². The molecule has 7 nitrogen and oxygen atoms in total. The number of ether oxygens (including phenoxy) is 1. The molecule has 0 saturated heterocycles. The van der Waals surface area contributed by atoms with E-state index >= 15 is 0 Å². The first kappa shape index (κ1) is 20.4. The first-order valence-electron chi connectivity index (χ1n) is 9.43. The molecule has 0 aromatic heterocycles. The van der Waals surface area contributed by atoms with Crippen molar-refractivity contribution in [2.24, 2.45) is 11.8 Å². The van der Waals surface area contributed by atoms with Crippen molar-refractivity contribution in [3.8, 4) is 5.75 Å². The van der Waals surface area contributed by atoms with E-state index < -0.39 is 12.6 Å². The van der Waals surface area contributed by atoms with Gasteiger partial charge in [-0.1, -0.05) is 25.1 Å². The molecular formula is C22H24N2O5. The summed E-state index contributed by atoms with van der Waals surface area (Å²) in [6, 6.07) is 13.9. The molecule has 29 heavy (non-hydrogen) atoms. The molecule has 2 N–H and O–H groups in total. The summed E-state index contributed by atoms with van der Waals surface area (Å²) >= 11 is 0. The molecule has 2 aromatic carbocycles. The topological polar surface area (TPSA) is 95.9 Å². The van der Waals surface area contributed by atoms with Gasteiger partial charge in [-0.05, 0) is 48.2 Å². The number of carbonyl (C=O) groups excluding carboxylic acids is 2. The van der Waals surface area contributed by atoms with Crippen LogP contribution in [0.4, 0.5) is 5.69 Å². The lowest BCUT2D eigenvalue weighted by Gasteiger charge is -2.18. The highest BCUT2D eigenvalue weighted by molar-refractivity contribution is 5.98. The smallest absolute Gasteiger partial charge is 0.341 e. The van der Waals surface area contributed by atoms with Gasteiger partial charge >= 0.3 is 5.97 Å². The van der Waals surface area contributed by atoms with Crippen LogP contribution in [0.15, 0.2) is 48.5 Å². The Hall–Kier alpha value is -3.35. The van der Waals surface area contributed by atoms with E-state index in [4.69, 9.17) is 9.84 Å². The van der Waals surface area contributed by atoms with Crippen molar-refractivity contribution in [3.05, 3.63) is 59.7 Å². The van der Waals surface area contributed by atoms with Crippen molar-refractivity contribution in [1.29, 1.82) is 0 Å². The number of aliphatic carboxylic acids is 1. The van der Waals surface area contributed by atoms with Gasteiger partial charge in [0.1, 0.15) is 5.75 Å². The number of amides is 2. The highest BCUT2D eigenvalue weighted by Crippen LogP contribution is 2.38. The monoisotopic (exact) mass is 396 g/mol. The largest absolute Gasteiger partial charge is 0.482 e. The maximum Gasteiger partial charge on any atom is 0.341 e. The minimum atomic E-state index is -1.04. The summed E-state index contributed by atoms with van der Waals surface area (Å²) in [5.74, 6) is -0.248. The minimum Gasteiger partial charge on any atom is -0.482 e. The second kappa shape index (κ2) is 8.77. The van der Waals surface area contributed by atoms with Crippen LogP contribution in [0.2, 0.25) is 0 Å². The molecule has 152 valence electrons. The Morgan fingerprint density at radius 1 is 1.17 bits per heavy atom. The van der Waals surface area contributed by atoms with Gasteiger partial charge in [0, 0.05) is 30.8 Å². The molecule has 0 heterocycles. The van der Waals surface area contributed by atoms with E-state index in [1.165, 1.54) is 0 Å². The Bertz CT molecular complexity index is 910. The number of hydrogen-bond donors (Lipinski definition) is 2. The van der Waals surface area contributed by atoms with Crippen molar-refractivity contribution in [2.45, 2.75) is 19.9 Å². The highest BCUT2D eigenvalue weighted by Gasteiger charge is 2.39. The molecule has 1 saturated carbocycles. The van der Waals surface area contributed by atoms with Crippen LogP contribution in [0, 0.1) is 11.8 Å². The van der Waals surface area contributed by atoms with E-state index in [-0.39, 0.29) is 17.7 Å². The molecule has 0 aliphatic heterocycles. The summed E-state index contributed by atoms with van der Waals surface area (Å²) in [7, 11) is 1.70. The van der Waals surface area contributed by atoms with Crippen LogP contribution < -0.4 is 10.1 Å². The quantitative estimate of drug-likeness (QED) is 0.715. The third-order valence-electron chi connectivity index (χ3n) is 4.88. The van der Waals surface area contributed by atoms with E-state index in [1.807, 2.05) is 6.92 Å². The van der Waals surface area contributed by atoms with Crippen molar-refractivity contribution in [3.63, 3.8) is 0 Å². The Labute approximate surface area is 169 Å². The molecule has 0 radical (unpaired) electrons. The second-order valence-electron chi connectivity index (χ2n) is 7.38. The third kappa shape index (κ3) is 5.57. The number of carboxylic acids is 1. The molecule has 2 amide bonds. The molecule has 2 unspecified atom stereocenters. The van der Waals surface area contributed by atoms with Crippen LogP contribution in [0.5, 0.6) is 5.75 Å². The molecule has 0 spiro atoms. The number of nitrogens with one attached hydrogen (secondary N) is 1. The molecule has 0 bridgehead atoms. The van der Waals surface area contributed by atoms with E-state index in [1.54, 1.807) is 60.5 Å². The number of hydrogen-bond acceptors (Lipinski definition) is 4. The predicted molar refractivity (Wildman–Crippen MR) is 108 cm³/mol. The maximum atomic E-state index is 12.8. The van der Waals surface area contributed by atoms with Crippen LogP contribution in [0.1, 0.15) is 29.3 Å². The summed E-state index contributed by atoms with van der Waals surface area (Å²) < 4.78 is 5.10. The van der Waals surface area contributed by atoms with Crippen molar-refractivity contribution < 1.29 is 24.2 Å². The van der Waals surface area contributed by atoms with Gasteiger partial charge in [-0.2, -0.15) is 0 Å². The number of rotatable bonds is 8. The third-order valence-corrected chi connectivity index (χ3v) is 4.88. The average molecular weight is 396 g/mol. The lowest BCUT2D eigenvalue weighted by molar-refractivity contribution is -0.139. The molecule has 1 aliphatic carbocycles. The lowest BCUT2D eigenvalue weighted by atomic mass is 10.1. The van der Waals surface area contributed by atoms with Crippen molar-refractivity contribution in [2.75, 3.05) is 19.0 Å². The summed E-state index contributed by atoms with van der Waals surface area (Å²) in [6.07, 6.45) is 0.910. The number of anilines is 1. The van der Waals surface area contributed by atoms with Gasteiger partial charge < -0.3 is 20.1 Å². The van der Waals surface area contributed by atoms with Crippen molar-refractivity contribution in [1.82, 2.24) is 4.90 Å². The van der Waals surface area contributed by atoms with Gasteiger partial charge in [0.15, 0.2) is 6.61 Å². The zero-order chi connectivity index (χ0) is 21.0. The summed E-state index contributed by atoms with van der Waals surface area (Å²) in [6.45, 7) is 2.03. The van der Waals surface area contributed by atoms with Crippen LogP contribution in [0.3, 0.4) is 0 Å². The van der Waals surface area contributed by atoms with Crippen LogP contribution in [0.25, 0.3) is 0 Å². The van der Waals surface area contributed by atoms with Gasteiger partial charge in [-0.15, -0.1) is 0 Å². The molecule has 1 aliphatic rings. The van der Waals surface area contributed by atoms with Crippen LogP contribution in [-0.4, -0.2) is 41.4 Å². The predicted octanol–water partition coefficient (Wildman–Crippen LogP) is 3.02. The van der Waals surface area contributed by atoms with Crippen LogP contribution >= 0.6 is 0 Å². The normalized spacial score (nSPS) is 17.3. The number of carbonyl (C=O) groups is 3. The molecule has 3 rings (SSSR count).